The van der Waals surface area contributed by atoms with E-state index in [-0.39, 0.29) is 24.6 Å². The van der Waals surface area contributed by atoms with E-state index in [1.807, 2.05) is 0 Å². The lowest BCUT2D eigenvalue weighted by Gasteiger charge is -2.17. The van der Waals surface area contributed by atoms with Gasteiger partial charge in [0.05, 0.1) is 12.0 Å². The molecule has 1 radical (unpaired) electrons. The molecule has 0 heterocycles. The van der Waals surface area contributed by atoms with Crippen molar-refractivity contribution in [1.29, 1.82) is 0 Å². The zero-order chi connectivity index (χ0) is 12.1. The van der Waals surface area contributed by atoms with E-state index in [0.29, 0.717) is 0 Å². The van der Waals surface area contributed by atoms with Crippen LogP contribution in [0.25, 0.3) is 0 Å². The fourth-order valence-electron chi connectivity index (χ4n) is 0.786. The van der Waals surface area contributed by atoms with Crippen molar-refractivity contribution in [3.8, 4) is 0 Å². The third-order valence-electron chi connectivity index (χ3n) is 1.61. The molecule has 0 aliphatic rings. The second kappa shape index (κ2) is 5.73. The van der Waals surface area contributed by atoms with Crippen LogP contribution < -0.4 is 0 Å². The van der Waals surface area contributed by atoms with E-state index in [1.54, 1.807) is 34.1 Å². The molecule has 0 spiro atoms. The monoisotopic (exact) mass is 215 g/mol. The lowest BCUT2D eigenvalue weighted by Crippen LogP contribution is -2.25. The Morgan fingerprint density at radius 2 is 1.87 bits per heavy atom. The van der Waals surface area contributed by atoms with Crippen molar-refractivity contribution in [3.05, 3.63) is 6.42 Å². The molecule has 0 aromatic heterocycles. The quantitative estimate of drug-likeness (QED) is 0.670. The number of carbonyl (C=O) groups is 2. The summed E-state index contributed by atoms with van der Waals surface area (Å²) in [6, 6.07) is 0. The minimum atomic E-state index is -0.501. The number of hydrogen-bond acceptors (Lipinski definition) is 4. The van der Waals surface area contributed by atoms with Crippen LogP contribution in [0.3, 0.4) is 0 Å². The first-order chi connectivity index (χ1) is 6.73. The summed E-state index contributed by atoms with van der Waals surface area (Å²) in [7, 11) is 0. The van der Waals surface area contributed by atoms with Crippen molar-refractivity contribution < 1.29 is 19.1 Å². The number of ether oxygens (including phenoxy) is 2. The Bertz CT molecular complexity index is 227. The Hall–Kier alpha value is -1.06. The predicted octanol–water partition coefficient (Wildman–Crippen LogP) is 1.73. The molecule has 0 N–H and O–H groups in total. The zero-order valence-corrected chi connectivity index (χ0v) is 9.99. The van der Waals surface area contributed by atoms with Crippen LogP contribution in [0, 0.1) is 11.8 Å². The molecule has 4 nitrogen and oxygen atoms in total. The first-order valence-electron chi connectivity index (χ1n) is 4.91. The number of rotatable bonds is 4. The van der Waals surface area contributed by atoms with Gasteiger partial charge < -0.3 is 9.47 Å². The SMILES string of the molecule is CC(=O)OC(C)[CH]COC(=O)C(C)(C)C. The highest BCUT2D eigenvalue weighted by Crippen LogP contribution is 2.15. The zero-order valence-electron chi connectivity index (χ0n) is 9.99. The fourth-order valence-corrected chi connectivity index (χ4v) is 0.786. The van der Waals surface area contributed by atoms with Crippen molar-refractivity contribution in [2.45, 2.75) is 40.7 Å². The molecule has 4 heteroatoms. The highest BCUT2D eigenvalue weighted by molar-refractivity contribution is 5.75. The topological polar surface area (TPSA) is 52.6 Å². The molecule has 0 aromatic rings. The van der Waals surface area contributed by atoms with Crippen LogP contribution in [-0.4, -0.2) is 24.6 Å². The second-order valence-electron chi connectivity index (χ2n) is 4.40. The highest BCUT2D eigenvalue weighted by Gasteiger charge is 2.23. The van der Waals surface area contributed by atoms with Gasteiger partial charge in [-0.25, -0.2) is 0 Å². The van der Waals surface area contributed by atoms with E-state index in [4.69, 9.17) is 9.47 Å². The standard InChI is InChI=1S/C11H19O4/c1-8(15-9(2)12)6-7-14-10(13)11(3,4)5/h6,8H,7H2,1-5H3. The van der Waals surface area contributed by atoms with Gasteiger partial charge in [-0.15, -0.1) is 0 Å². The average molecular weight is 215 g/mol. The summed E-state index contributed by atoms with van der Waals surface area (Å²) in [5, 5.41) is 0. The molecule has 1 atom stereocenters. The third kappa shape index (κ3) is 6.94. The molecule has 0 aliphatic heterocycles. The average Bonchev–Trinajstić information content (AvgIpc) is 2.00. The van der Waals surface area contributed by atoms with Crippen LogP contribution in [0.4, 0.5) is 0 Å². The molecule has 1 unspecified atom stereocenters. The molecular weight excluding hydrogens is 196 g/mol. The van der Waals surface area contributed by atoms with Crippen molar-refractivity contribution in [2.24, 2.45) is 5.41 Å². The van der Waals surface area contributed by atoms with Crippen molar-refractivity contribution >= 4 is 11.9 Å². The number of carbonyl (C=O) groups excluding carboxylic acids is 2. The van der Waals surface area contributed by atoms with Gasteiger partial charge in [-0.1, -0.05) is 0 Å². The molecule has 15 heavy (non-hydrogen) atoms. The first kappa shape index (κ1) is 13.9. The normalized spacial score (nSPS) is 13.1. The van der Waals surface area contributed by atoms with E-state index in [9.17, 15) is 9.59 Å². The summed E-state index contributed by atoms with van der Waals surface area (Å²) in [6.07, 6.45) is 1.29. The van der Waals surface area contributed by atoms with Crippen LogP contribution in [0.15, 0.2) is 0 Å². The summed E-state index contributed by atoms with van der Waals surface area (Å²) in [4.78, 5) is 21.9. The smallest absolute Gasteiger partial charge is 0.311 e. The molecule has 0 saturated carbocycles. The summed E-state index contributed by atoms with van der Waals surface area (Å²) in [6.45, 7) is 8.56. The summed E-state index contributed by atoms with van der Waals surface area (Å²) in [5.41, 5.74) is -0.501. The molecule has 0 fully saturated rings. The predicted molar refractivity (Wildman–Crippen MR) is 55.9 cm³/mol. The minimum Gasteiger partial charge on any atom is -0.465 e. The maximum absolute atomic E-state index is 11.3. The Morgan fingerprint density at radius 3 is 2.27 bits per heavy atom. The Labute approximate surface area is 90.9 Å². The summed E-state index contributed by atoms with van der Waals surface area (Å²) in [5.74, 6) is -0.616. The maximum atomic E-state index is 11.3. The fraction of sp³-hybridized carbons (Fsp3) is 0.727. The van der Waals surface area contributed by atoms with Crippen molar-refractivity contribution in [1.82, 2.24) is 0 Å². The highest BCUT2D eigenvalue weighted by atomic mass is 16.6. The summed E-state index contributed by atoms with van der Waals surface area (Å²) < 4.78 is 9.80. The molecule has 0 rings (SSSR count). The van der Waals surface area contributed by atoms with Crippen molar-refractivity contribution in [3.63, 3.8) is 0 Å². The molecule has 0 aliphatic carbocycles. The number of hydrogen-bond donors (Lipinski definition) is 0. The van der Waals surface area contributed by atoms with Crippen LogP contribution in [-0.2, 0) is 19.1 Å². The van der Waals surface area contributed by atoms with Gasteiger partial charge in [0.1, 0.15) is 6.10 Å². The Morgan fingerprint density at radius 1 is 1.33 bits per heavy atom. The van der Waals surface area contributed by atoms with Gasteiger partial charge in [0.2, 0.25) is 0 Å². The van der Waals surface area contributed by atoms with Crippen LogP contribution in [0.5, 0.6) is 0 Å². The molecule has 87 valence electrons. The van der Waals surface area contributed by atoms with Crippen LogP contribution in [0.1, 0.15) is 34.6 Å². The van der Waals surface area contributed by atoms with E-state index in [0.717, 1.165) is 0 Å². The van der Waals surface area contributed by atoms with E-state index < -0.39 is 5.41 Å². The second-order valence-corrected chi connectivity index (χ2v) is 4.40. The minimum absolute atomic E-state index is 0.157. The lowest BCUT2D eigenvalue weighted by atomic mass is 9.97. The Balaban J connectivity index is 3.71. The van der Waals surface area contributed by atoms with E-state index >= 15 is 0 Å². The van der Waals surface area contributed by atoms with Gasteiger partial charge in [0.25, 0.3) is 0 Å². The summed E-state index contributed by atoms with van der Waals surface area (Å²) >= 11 is 0. The van der Waals surface area contributed by atoms with Gasteiger partial charge in [-0.3, -0.25) is 9.59 Å². The van der Waals surface area contributed by atoms with Crippen LogP contribution in [0.2, 0.25) is 0 Å². The molecular formula is C11H19O4. The largest absolute Gasteiger partial charge is 0.465 e. The third-order valence-corrected chi connectivity index (χ3v) is 1.61. The van der Waals surface area contributed by atoms with Gasteiger partial charge in [0.15, 0.2) is 0 Å². The lowest BCUT2D eigenvalue weighted by molar-refractivity contribution is -0.152. The van der Waals surface area contributed by atoms with E-state index in [2.05, 4.69) is 0 Å². The molecule has 0 bridgehead atoms. The molecule has 0 aromatic carbocycles. The molecule has 0 amide bonds. The van der Waals surface area contributed by atoms with Gasteiger partial charge >= 0.3 is 11.9 Å². The van der Waals surface area contributed by atoms with E-state index in [1.165, 1.54) is 6.92 Å². The Kier molecular flexibility index (Phi) is 5.33. The first-order valence-corrected chi connectivity index (χ1v) is 4.91. The maximum Gasteiger partial charge on any atom is 0.311 e. The van der Waals surface area contributed by atoms with Gasteiger partial charge in [0, 0.05) is 13.3 Å². The van der Waals surface area contributed by atoms with Crippen molar-refractivity contribution in [2.75, 3.05) is 6.61 Å². The van der Waals surface area contributed by atoms with Gasteiger partial charge in [-0.2, -0.15) is 0 Å². The number of esters is 2. The van der Waals surface area contributed by atoms with Gasteiger partial charge in [-0.05, 0) is 27.7 Å². The molecule has 0 saturated heterocycles. The van der Waals surface area contributed by atoms with Crippen LogP contribution >= 0.6 is 0 Å².